The summed E-state index contributed by atoms with van der Waals surface area (Å²) in [6, 6.07) is 35.1. The van der Waals surface area contributed by atoms with E-state index >= 15 is 0 Å². The van der Waals surface area contributed by atoms with Crippen LogP contribution < -0.4 is 4.74 Å². The van der Waals surface area contributed by atoms with Crippen LogP contribution in [0.2, 0.25) is 0 Å². The summed E-state index contributed by atoms with van der Waals surface area (Å²) in [5, 5.41) is 8.63. The van der Waals surface area contributed by atoms with Crippen molar-refractivity contribution >= 4 is 24.4 Å². The van der Waals surface area contributed by atoms with E-state index in [1.807, 2.05) is 36.4 Å². The van der Waals surface area contributed by atoms with E-state index in [9.17, 15) is 43.9 Å². The van der Waals surface area contributed by atoms with Gasteiger partial charge < -0.3 is 9.84 Å². The molecule has 0 amide bonds. The second-order valence-electron chi connectivity index (χ2n) is 6.55. The summed E-state index contributed by atoms with van der Waals surface area (Å²) in [6.45, 7) is -10.1. The molecule has 4 aromatic carbocycles. The van der Waals surface area contributed by atoms with Gasteiger partial charge in [-0.05, 0) is 48.5 Å². The van der Waals surface area contributed by atoms with Crippen LogP contribution in [0.25, 0.3) is 0 Å². The predicted molar refractivity (Wildman–Crippen MR) is 147 cm³/mol. The van der Waals surface area contributed by atoms with E-state index in [0.29, 0.717) is 22.4 Å². The Balaban J connectivity index is 0. The number of hydrogen-bond donors (Lipinski definition) is 2. The van der Waals surface area contributed by atoms with Crippen LogP contribution in [0.15, 0.2) is 131 Å². The number of phenols is 1. The maximum absolute atomic E-state index is 11.7. The quantitative estimate of drug-likeness (QED) is 0.131. The van der Waals surface area contributed by atoms with E-state index < -0.39 is 25.7 Å². The summed E-state index contributed by atoms with van der Waals surface area (Å²) in [5.41, 5.74) is 0. The van der Waals surface area contributed by atoms with Crippen LogP contribution in [-0.4, -0.2) is 30.8 Å². The Morgan fingerprint density at radius 2 is 0.857 bits per heavy atom. The molecule has 0 atom stereocenters. The standard InChI is InChI=1S/C7H6F2O.C7H6F2S.C6H6O.C6H6S.2CHF3/c2*8-7(9)10-6-4-2-1-3-5-6;2*7-6-4-2-1-3-5-6;2*2-1(3)4/h2*1-5,7H;2*1-5,7H;2*1H. The minimum atomic E-state index is -3.67. The molecule has 0 aliphatic carbocycles. The van der Waals surface area contributed by atoms with Gasteiger partial charge in [-0.1, -0.05) is 84.6 Å². The number of rotatable bonds is 4. The summed E-state index contributed by atoms with van der Waals surface area (Å²) >= 11 is 4.65. The van der Waals surface area contributed by atoms with Crippen molar-refractivity contribution in [3.63, 3.8) is 0 Å². The molecule has 0 bridgehead atoms. The molecule has 0 saturated heterocycles. The first kappa shape index (κ1) is 40.6. The fourth-order valence-electron chi connectivity index (χ4n) is 2.06. The Morgan fingerprint density at radius 3 is 1.12 bits per heavy atom. The average molecular weight is 649 g/mol. The molecule has 4 rings (SSSR count). The van der Waals surface area contributed by atoms with Gasteiger partial charge in [-0.3, -0.25) is 0 Å². The van der Waals surface area contributed by atoms with Crippen molar-refractivity contribution in [2.24, 2.45) is 0 Å². The number of phenolic OH excluding ortho intramolecular Hbond substituents is 1. The van der Waals surface area contributed by atoms with E-state index in [-0.39, 0.29) is 5.75 Å². The van der Waals surface area contributed by atoms with Crippen LogP contribution >= 0.6 is 24.4 Å². The molecule has 0 fully saturated rings. The van der Waals surface area contributed by atoms with Gasteiger partial charge in [0.1, 0.15) is 11.5 Å². The third-order valence-corrected chi connectivity index (χ3v) is 4.47. The first-order chi connectivity index (χ1) is 19.8. The Labute approximate surface area is 246 Å². The largest absolute Gasteiger partial charge is 0.508 e. The molecule has 14 heteroatoms. The summed E-state index contributed by atoms with van der Waals surface area (Å²) in [4.78, 5) is 1.63. The molecule has 1 N–H and O–H groups in total. The number of alkyl halides is 10. The van der Waals surface area contributed by atoms with Crippen molar-refractivity contribution in [3.8, 4) is 11.5 Å². The summed E-state index contributed by atoms with van der Waals surface area (Å²) in [7, 11) is 0. The van der Waals surface area contributed by atoms with E-state index in [1.54, 1.807) is 72.8 Å². The fraction of sp³-hybridized carbons (Fsp3) is 0.143. The monoisotopic (exact) mass is 648 g/mol. The lowest BCUT2D eigenvalue weighted by atomic mass is 10.3. The molecular weight excluding hydrogens is 622 g/mol. The number of hydrogen-bond acceptors (Lipinski definition) is 4. The van der Waals surface area contributed by atoms with Crippen molar-refractivity contribution in [3.05, 3.63) is 121 Å². The first-order valence-electron chi connectivity index (χ1n) is 11.2. The first-order valence-corrected chi connectivity index (χ1v) is 12.5. The Hall–Kier alpha value is -3.52. The summed E-state index contributed by atoms with van der Waals surface area (Å²) in [6.07, 6.45) is 0. The average Bonchev–Trinajstić information content (AvgIpc) is 2.91. The highest BCUT2D eigenvalue weighted by atomic mass is 32.2. The second kappa shape index (κ2) is 27.6. The molecule has 0 unspecified atom stereocenters. The fourth-order valence-corrected chi connectivity index (χ4v) is 2.75. The minimum absolute atomic E-state index is 0.192. The van der Waals surface area contributed by atoms with E-state index in [4.69, 9.17) is 5.11 Å². The van der Waals surface area contributed by atoms with Gasteiger partial charge in [-0.25, -0.2) is 0 Å². The second-order valence-corrected chi connectivity index (χ2v) is 8.13. The zero-order chi connectivity index (χ0) is 32.2. The number of ether oxygens (including phenoxy) is 1. The zero-order valence-corrected chi connectivity index (χ0v) is 23.1. The van der Waals surface area contributed by atoms with Crippen molar-refractivity contribution in [1.82, 2.24) is 0 Å². The lowest BCUT2D eigenvalue weighted by Gasteiger charge is -2.01. The predicted octanol–water partition coefficient (Wildman–Crippen LogP) is 11.0. The van der Waals surface area contributed by atoms with Gasteiger partial charge in [-0.2, -0.15) is 43.9 Å². The van der Waals surface area contributed by atoms with Crippen LogP contribution in [0.5, 0.6) is 11.5 Å². The van der Waals surface area contributed by atoms with Gasteiger partial charge in [0.05, 0.1) is 0 Å². The Kier molecular flexibility index (Phi) is 26.7. The summed E-state index contributed by atoms with van der Waals surface area (Å²) in [5.74, 6) is -1.80. The molecule has 2 nitrogen and oxygen atoms in total. The minimum Gasteiger partial charge on any atom is -0.508 e. The number of thioether (sulfide) groups is 1. The van der Waals surface area contributed by atoms with Crippen molar-refractivity contribution < 1.29 is 53.7 Å². The molecule has 0 saturated carbocycles. The maximum Gasteiger partial charge on any atom is 0.387 e. The number of benzene rings is 4. The Bertz CT molecular complexity index is 990. The number of halogens is 10. The molecule has 0 aliphatic heterocycles. The van der Waals surface area contributed by atoms with Crippen molar-refractivity contribution in [1.29, 1.82) is 0 Å². The van der Waals surface area contributed by atoms with Crippen LogP contribution in [0.3, 0.4) is 0 Å². The van der Waals surface area contributed by atoms with Crippen LogP contribution in [0, 0.1) is 0 Å². The third-order valence-electron chi connectivity index (χ3n) is 3.45. The highest BCUT2D eigenvalue weighted by Gasteiger charge is 2.02. The van der Waals surface area contributed by atoms with Gasteiger partial charge in [0.2, 0.25) is 0 Å². The van der Waals surface area contributed by atoms with Gasteiger partial charge in [-0.15, -0.1) is 12.6 Å². The molecule has 232 valence electrons. The third kappa shape index (κ3) is 34.5. The topological polar surface area (TPSA) is 29.5 Å². The molecule has 0 heterocycles. The van der Waals surface area contributed by atoms with Gasteiger partial charge in [0.25, 0.3) is 5.76 Å². The van der Waals surface area contributed by atoms with Crippen molar-refractivity contribution in [2.45, 2.75) is 35.5 Å². The molecule has 0 radical (unpaired) electrons. The SMILES string of the molecule is FC(F)F.FC(F)F.FC(F)Oc1ccccc1.FC(F)Sc1ccccc1.Oc1ccccc1.Sc1ccccc1. The highest BCUT2D eigenvalue weighted by Crippen LogP contribution is 2.23. The van der Waals surface area contributed by atoms with Gasteiger partial charge in [0.15, 0.2) is 0 Å². The van der Waals surface area contributed by atoms with Crippen LogP contribution in [0.4, 0.5) is 43.9 Å². The normalized spacial score (nSPS) is 9.40. The highest BCUT2D eigenvalue weighted by molar-refractivity contribution is 7.99. The molecule has 42 heavy (non-hydrogen) atoms. The van der Waals surface area contributed by atoms with Crippen LogP contribution in [0.1, 0.15) is 0 Å². The number of thiol groups is 1. The van der Waals surface area contributed by atoms with Gasteiger partial charge >= 0.3 is 20.0 Å². The molecule has 4 aromatic rings. The van der Waals surface area contributed by atoms with Gasteiger partial charge in [0, 0.05) is 9.79 Å². The van der Waals surface area contributed by atoms with E-state index in [1.165, 1.54) is 12.1 Å². The molecule has 0 aromatic heterocycles. The smallest absolute Gasteiger partial charge is 0.387 e. The zero-order valence-electron chi connectivity index (χ0n) is 21.3. The van der Waals surface area contributed by atoms with Crippen molar-refractivity contribution in [2.75, 3.05) is 0 Å². The Morgan fingerprint density at radius 1 is 0.524 bits per heavy atom. The number of aromatic hydroxyl groups is 1. The molecule has 0 spiro atoms. The number of para-hydroxylation sites is 2. The molecular formula is C28H26F10O2S2. The lowest BCUT2D eigenvalue weighted by molar-refractivity contribution is -0.0498. The summed E-state index contributed by atoms with van der Waals surface area (Å²) < 4.78 is 108. The van der Waals surface area contributed by atoms with E-state index in [2.05, 4.69) is 17.4 Å². The lowest BCUT2D eigenvalue weighted by Crippen LogP contribution is -2.00. The maximum atomic E-state index is 11.7. The van der Waals surface area contributed by atoms with Crippen LogP contribution in [-0.2, 0) is 0 Å². The molecule has 0 aliphatic rings. The van der Waals surface area contributed by atoms with E-state index in [0.717, 1.165) is 4.90 Å².